The van der Waals surface area contributed by atoms with Gasteiger partial charge in [-0.1, -0.05) is 68.4 Å². The number of aliphatic hydroxyl groups excluding tert-OH is 5. The van der Waals surface area contributed by atoms with Gasteiger partial charge in [0.1, 0.15) is 36.6 Å². The fourth-order valence-electron chi connectivity index (χ4n) is 8.56. The Labute approximate surface area is 320 Å². The second-order valence-electron chi connectivity index (χ2n) is 17.6. The minimum absolute atomic E-state index is 0.0246. The van der Waals surface area contributed by atoms with Crippen molar-refractivity contribution < 1.29 is 76.0 Å². The summed E-state index contributed by atoms with van der Waals surface area (Å²) < 4.78 is 63.5. The Balaban J connectivity index is 2.13. The van der Waals surface area contributed by atoms with Gasteiger partial charge in [0.05, 0.1) is 13.2 Å². The minimum Gasteiger partial charge on any atom is -0.455 e. The van der Waals surface area contributed by atoms with E-state index in [1.165, 1.54) is 6.92 Å². The maximum Gasteiger partial charge on any atom is 0.397 e. The highest BCUT2D eigenvalue weighted by Crippen LogP contribution is 2.40. The van der Waals surface area contributed by atoms with Crippen LogP contribution in [0.2, 0.25) is 0 Å². The number of aliphatic hydroxyl groups is 5. The van der Waals surface area contributed by atoms with Gasteiger partial charge >= 0.3 is 16.4 Å². The summed E-state index contributed by atoms with van der Waals surface area (Å²) in [6.07, 6.45) is -11.3. The molecular weight excluding hydrogens is 732 g/mol. The lowest BCUT2D eigenvalue weighted by Crippen LogP contribution is -2.65. The van der Waals surface area contributed by atoms with Crippen LogP contribution in [0.15, 0.2) is 11.6 Å². The predicted molar refractivity (Wildman–Crippen MR) is 195 cm³/mol. The first-order chi connectivity index (χ1) is 24.8. The van der Waals surface area contributed by atoms with Crippen molar-refractivity contribution in [2.75, 3.05) is 13.2 Å². The van der Waals surface area contributed by atoms with Gasteiger partial charge in [0.2, 0.25) is 6.29 Å². The fraction of sp³-hybridized carbons (Fsp3) is 0.892. The predicted octanol–water partition coefficient (Wildman–Crippen LogP) is 2.68. The summed E-state index contributed by atoms with van der Waals surface area (Å²) >= 11 is 0. The molecule has 0 saturated carbocycles. The number of carbonyl (C=O) groups excluding carboxylic acids is 2. The molecule has 0 aromatic carbocycles. The Morgan fingerprint density at radius 2 is 1.31 bits per heavy atom. The standard InChI is InChI=1S/C37H66O16S/c1-20(11-21(2)13-23(4)15-37(9,10)18-36(6,7)8)12-22(3)14-24(5)33(44)51-31-28(42)26(17-39)50-35(32(31)48-19-40)52-34-29(43)30(53-54(45,46)47)27(41)25(16-38)49-34/h14,19-23,25-32,34-35,38-39,41-43H,11-13,15-18H2,1-10H3,(H,45,46,47)/b24-14+/t20-,21+,22-,23+,25?,26?,27?,28?,29?,30?,31?,32?,34?,35?/m0/s1. The highest BCUT2D eigenvalue weighted by molar-refractivity contribution is 7.80. The quantitative estimate of drug-likeness (QED) is 0.0449. The molecule has 2 aliphatic heterocycles. The Morgan fingerprint density at radius 3 is 1.83 bits per heavy atom. The average molecular weight is 799 g/mol. The van der Waals surface area contributed by atoms with Crippen LogP contribution in [0, 0.1) is 34.5 Å². The number of rotatable bonds is 20. The second kappa shape index (κ2) is 20.6. The van der Waals surface area contributed by atoms with Crippen molar-refractivity contribution in [1.29, 1.82) is 0 Å². The van der Waals surface area contributed by atoms with Gasteiger partial charge in [-0.2, -0.15) is 8.42 Å². The van der Waals surface area contributed by atoms with Gasteiger partial charge in [-0.3, -0.25) is 9.35 Å². The number of esters is 1. The molecule has 17 heteroatoms. The highest BCUT2D eigenvalue weighted by Gasteiger charge is 2.54. The van der Waals surface area contributed by atoms with Gasteiger partial charge in [0.25, 0.3) is 6.47 Å². The molecule has 54 heavy (non-hydrogen) atoms. The van der Waals surface area contributed by atoms with E-state index in [2.05, 4.69) is 59.6 Å². The normalized spacial score (nSPS) is 32.3. The molecule has 14 atom stereocenters. The van der Waals surface area contributed by atoms with Gasteiger partial charge in [0.15, 0.2) is 18.5 Å². The summed E-state index contributed by atoms with van der Waals surface area (Å²) in [6.45, 7) is 20.0. The highest BCUT2D eigenvalue weighted by atomic mass is 32.3. The fourth-order valence-corrected chi connectivity index (χ4v) is 9.07. The molecule has 10 unspecified atom stereocenters. The van der Waals surface area contributed by atoms with E-state index in [9.17, 15) is 43.5 Å². The van der Waals surface area contributed by atoms with Gasteiger partial charge in [-0.05, 0) is 73.5 Å². The minimum atomic E-state index is -5.23. The molecule has 2 rings (SSSR count). The van der Waals surface area contributed by atoms with Gasteiger partial charge < -0.3 is 49.2 Å². The number of allylic oxidation sites excluding steroid dienone is 1. The topological polar surface area (TPSA) is 245 Å². The molecule has 0 radical (unpaired) electrons. The first-order valence-electron chi connectivity index (χ1n) is 18.7. The molecule has 2 heterocycles. The van der Waals surface area contributed by atoms with E-state index in [0.717, 1.165) is 32.1 Å². The zero-order valence-corrected chi connectivity index (χ0v) is 34.2. The number of ether oxygens (including phenoxy) is 5. The van der Waals surface area contributed by atoms with Crippen LogP contribution in [0.5, 0.6) is 0 Å². The van der Waals surface area contributed by atoms with Crippen molar-refractivity contribution in [3.63, 3.8) is 0 Å². The molecular formula is C37H66O16S. The van der Waals surface area contributed by atoms with Crippen LogP contribution in [0.1, 0.15) is 101 Å². The van der Waals surface area contributed by atoms with E-state index in [1.807, 2.05) is 6.92 Å². The zero-order chi connectivity index (χ0) is 41.3. The van der Waals surface area contributed by atoms with Crippen molar-refractivity contribution in [3.05, 3.63) is 11.6 Å². The lowest BCUT2D eigenvalue weighted by Gasteiger charge is -2.46. The monoisotopic (exact) mass is 798 g/mol. The third-order valence-corrected chi connectivity index (χ3v) is 10.2. The largest absolute Gasteiger partial charge is 0.455 e. The van der Waals surface area contributed by atoms with Crippen LogP contribution in [-0.4, -0.2) is 126 Å². The summed E-state index contributed by atoms with van der Waals surface area (Å²) in [5.74, 6) is 0.575. The molecule has 316 valence electrons. The third kappa shape index (κ3) is 15.3. The Hall–Kier alpha value is -1.77. The number of hydrogen-bond acceptors (Lipinski definition) is 15. The smallest absolute Gasteiger partial charge is 0.397 e. The van der Waals surface area contributed by atoms with Crippen LogP contribution < -0.4 is 0 Å². The van der Waals surface area contributed by atoms with Crippen molar-refractivity contribution in [2.45, 2.75) is 163 Å². The van der Waals surface area contributed by atoms with Crippen LogP contribution in [0.25, 0.3) is 0 Å². The number of carbonyl (C=O) groups is 2. The van der Waals surface area contributed by atoms with Crippen molar-refractivity contribution >= 4 is 22.8 Å². The van der Waals surface area contributed by atoms with E-state index in [1.54, 1.807) is 6.08 Å². The van der Waals surface area contributed by atoms with Crippen LogP contribution >= 0.6 is 0 Å². The molecule has 16 nitrogen and oxygen atoms in total. The summed E-state index contributed by atoms with van der Waals surface area (Å²) in [5, 5.41) is 51.7. The molecule has 2 saturated heterocycles. The zero-order valence-electron chi connectivity index (χ0n) is 33.4. The lowest BCUT2D eigenvalue weighted by molar-refractivity contribution is -0.374. The molecule has 6 N–H and O–H groups in total. The van der Waals surface area contributed by atoms with Gasteiger partial charge in [-0.25, -0.2) is 8.98 Å². The lowest BCUT2D eigenvalue weighted by atomic mass is 9.71. The van der Waals surface area contributed by atoms with Crippen molar-refractivity contribution in [1.82, 2.24) is 0 Å². The van der Waals surface area contributed by atoms with Crippen molar-refractivity contribution in [3.8, 4) is 0 Å². The molecule has 0 aromatic rings. The summed E-state index contributed by atoms with van der Waals surface area (Å²) in [4.78, 5) is 24.9. The number of hydrogen-bond donors (Lipinski definition) is 6. The van der Waals surface area contributed by atoms with Crippen LogP contribution in [0.3, 0.4) is 0 Å². The Morgan fingerprint density at radius 1 is 0.796 bits per heavy atom. The Kier molecular flexibility index (Phi) is 18.4. The SMILES string of the molecule is C/C(=C\[C@@H](C)C[C@@H](C)C[C@@H](C)C[C@@H](C)CC(C)(C)CC(C)(C)C)C(=O)OC1C(O)C(CO)OC(OC2OC(CO)C(O)C(OS(=O)(=O)O)C2O)C1OC=O. The average Bonchev–Trinajstić information content (AvgIpc) is 3.00. The summed E-state index contributed by atoms with van der Waals surface area (Å²) in [5.41, 5.74) is 0.737. The summed E-state index contributed by atoms with van der Waals surface area (Å²) in [6, 6.07) is 0. The van der Waals surface area contributed by atoms with Crippen LogP contribution in [-0.2, 0) is 47.9 Å². The Bertz CT molecular complexity index is 1320. The molecule has 0 spiro atoms. The maximum atomic E-state index is 13.4. The van der Waals surface area contributed by atoms with E-state index in [-0.39, 0.29) is 28.8 Å². The summed E-state index contributed by atoms with van der Waals surface area (Å²) in [7, 11) is -5.23. The van der Waals surface area contributed by atoms with Crippen molar-refractivity contribution in [2.24, 2.45) is 34.5 Å². The van der Waals surface area contributed by atoms with Crippen LogP contribution in [0.4, 0.5) is 0 Å². The molecule has 0 amide bonds. The first kappa shape index (κ1) is 48.4. The molecule has 2 fully saturated rings. The maximum absolute atomic E-state index is 13.4. The molecule has 0 aromatic heterocycles. The second-order valence-corrected chi connectivity index (χ2v) is 18.6. The third-order valence-electron chi connectivity index (χ3n) is 9.73. The van der Waals surface area contributed by atoms with Gasteiger partial charge in [0, 0.05) is 5.57 Å². The molecule has 0 bridgehead atoms. The molecule has 2 aliphatic rings. The van der Waals surface area contributed by atoms with E-state index < -0.39 is 91.0 Å². The molecule has 0 aliphatic carbocycles. The van der Waals surface area contributed by atoms with E-state index in [0.29, 0.717) is 17.8 Å². The first-order valence-corrected chi connectivity index (χ1v) is 20.0. The van der Waals surface area contributed by atoms with E-state index in [4.69, 9.17) is 28.2 Å². The van der Waals surface area contributed by atoms with E-state index >= 15 is 0 Å². The van der Waals surface area contributed by atoms with Gasteiger partial charge in [-0.15, -0.1) is 0 Å².